The number of benzene rings is 1. The number of nitrogens with two attached hydrogens (primary N) is 1. The predicted octanol–water partition coefficient (Wildman–Crippen LogP) is 1.10. The van der Waals surface area contributed by atoms with Crippen LogP contribution >= 0.6 is 12.4 Å². The molecular formula is C14H23ClN2O5S. The van der Waals surface area contributed by atoms with Gasteiger partial charge in [-0.1, -0.05) is 0 Å². The standard InChI is InChI=1S/C14H22N2O5S.ClH/c1-19-11-6-12(20-2)14(13(7-11)21-3)22(17,18)16-5-4-10(8-15)9-16;/h6-7,10H,4-5,8-9,15H2,1-3H3;1H. The second kappa shape index (κ2) is 8.05. The van der Waals surface area contributed by atoms with Crippen molar-refractivity contribution in [3.05, 3.63) is 12.1 Å². The first kappa shape index (κ1) is 19.8. The quantitative estimate of drug-likeness (QED) is 0.810. The zero-order valence-corrected chi connectivity index (χ0v) is 15.1. The van der Waals surface area contributed by atoms with Gasteiger partial charge in [0.1, 0.15) is 17.2 Å². The van der Waals surface area contributed by atoms with Crippen LogP contribution in [0.15, 0.2) is 17.0 Å². The summed E-state index contributed by atoms with van der Waals surface area (Å²) in [5, 5.41) is 0. The molecule has 1 unspecified atom stereocenters. The fourth-order valence-corrected chi connectivity index (χ4v) is 4.37. The van der Waals surface area contributed by atoms with Gasteiger partial charge in [0.15, 0.2) is 4.90 Å². The highest BCUT2D eigenvalue weighted by Crippen LogP contribution is 2.40. The summed E-state index contributed by atoms with van der Waals surface area (Å²) >= 11 is 0. The monoisotopic (exact) mass is 366 g/mol. The highest BCUT2D eigenvalue weighted by Gasteiger charge is 2.36. The van der Waals surface area contributed by atoms with Crippen molar-refractivity contribution < 1.29 is 22.6 Å². The summed E-state index contributed by atoms with van der Waals surface area (Å²) < 4.78 is 42.9. The van der Waals surface area contributed by atoms with Crippen LogP contribution < -0.4 is 19.9 Å². The number of nitrogens with zero attached hydrogens (tertiary/aromatic N) is 1. The van der Waals surface area contributed by atoms with Crippen molar-refractivity contribution >= 4 is 22.4 Å². The molecule has 2 rings (SSSR count). The van der Waals surface area contributed by atoms with Crippen LogP contribution in [0.4, 0.5) is 0 Å². The van der Waals surface area contributed by atoms with Gasteiger partial charge in [0.25, 0.3) is 0 Å². The molecule has 1 heterocycles. The fourth-order valence-electron chi connectivity index (χ4n) is 2.56. The summed E-state index contributed by atoms with van der Waals surface area (Å²) in [4.78, 5) is 0.0240. The number of methoxy groups -OCH3 is 3. The summed E-state index contributed by atoms with van der Waals surface area (Å²) in [6.45, 7) is 1.34. The third-order valence-electron chi connectivity index (χ3n) is 3.85. The maximum atomic E-state index is 12.9. The molecule has 1 aliphatic rings. The molecule has 0 aromatic heterocycles. The first-order valence-electron chi connectivity index (χ1n) is 6.98. The molecule has 0 bridgehead atoms. The van der Waals surface area contributed by atoms with Crippen LogP contribution in [0.2, 0.25) is 0 Å². The van der Waals surface area contributed by atoms with Crippen LogP contribution in [-0.2, 0) is 10.0 Å². The minimum absolute atomic E-state index is 0. The minimum atomic E-state index is -3.72. The van der Waals surface area contributed by atoms with Gasteiger partial charge in [-0.15, -0.1) is 12.4 Å². The Morgan fingerprint density at radius 3 is 2.13 bits per heavy atom. The maximum absolute atomic E-state index is 12.9. The molecule has 7 nitrogen and oxygen atoms in total. The summed E-state index contributed by atoms with van der Waals surface area (Å²) in [5.74, 6) is 1.05. The van der Waals surface area contributed by atoms with Crippen LogP contribution in [-0.4, -0.2) is 53.7 Å². The topological polar surface area (TPSA) is 91.1 Å². The second-order valence-corrected chi connectivity index (χ2v) is 6.99. The maximum Gasteiger partial charge on any atom is 0.250 e. The smallest absolute Gasteiger partial charge is 0.250 e. The Bertz CT molecular complexity index is 613. The van der Waals surface area contributed by atoms with Gasteiger partial charge in [0, 0.05) is 25.2 Å². The Labute approximate surface area is 143 Å². The first-order valence-corrected chi connectivity index (χ1v) is 8.42. The molecule has 0 spiro atoms. The van der Waals surface area contributed by atoms with Crippen molar-refractivity contribution in [2.45, 2.75) is 11.3 Å². The van der Waals surface area contributed by atoms with E-state index in [1.807, 2.05) is 0 Å². The predicted molar refractivity (Wildman–Crippen MR) is 89.3 cm³/mol. The van der Waals surface area contributed by atoms with E-state index in [0.29, 0.717) is 25.4 Å². The summed E-state index contributed by atoms with van der Waals surface area (Å²) in [5.41, 5.74) is 5.64. The number of ether oxygens (including phenoxy) is 3. The number of hydrogen-bond acceptors (Lipinski definition) is 6. The van der Waals surface area contributed by atoms with E-state index in [2.05, 4.69) is 0 Å². The molecule has 1 fully saturated rings. The Morgan fingerprint density at radius 1 is 1.17 bits per heavy atom. The average molecular weight is 367 g/mol. The molecule has 2 N–H and O–H groups in total. The summed E-state index contributed by atoms with van der Waals surface area (Å²) in [7, 11) is 0.608. The Hall–Kier alpha value is -1.22. The SMILES string of the molecule is COc1cc(OC)c(S(=O)(=O)N2CCC(CN)C2)c(OC)c1.Cl. The summed E-state index contributed by atoms with van der Waals surface area (Å²) in [6, 6.07) is 3.07. The first-order chi connectivity index (χ1) is 10.5. The lowest BCUT2D eigenvalue weighted by atomic mass is 10.1. The van der Waals surface area contributed by atoms with Gasteiger partial charge in [-0.05, 0) is 18.9 Å². The molecule has 1 atom stereocenters. The van der Waals surface area contributed by atoms with Crippen molar-refractivity contribution in [3.8, 4) is 17.2 Å². The van der Waals surface area contributed by atoms with Crippen LogP contribution in [0.1, 0.15) is 6.42 Å². The van der Waals surface area contributed by atoms with Gasteiger partial charge in [-0.25, -0.2) is 8.42 Å². The van der Waals surface area contributed by atoms with Crippen LogP contribution in [0.3, 0.4) is 0 Å². The largest absolute Gasteiger partial charge is 0.496 e. The van der Waals surface area contributed by atoms with E-state index in [-0.39, 0.29) is 34.7 Å². The van der Waals surface area contributed by atoms with Crippen LogP contribution in [0, 0.1) is 5.92 Å². The molecule has 23 heavy (non-hydrogen) atoms. The van der Waals surface area contributed by atoms with Crippen molar-refractivity contribution in [1.82, 2.24) is 4.31 Å². The van der Waals surface area contributed by atoms with E-state index in [4.69, 9.17) is 19.9 Å². The molecule has 1 aromatic carbocycles. The van der Waals surface area contributed by atoms with Crippen molar-refractivity contribution in [3.63, 3.8) is 0 Å². The minimum Gasteiger partial charge on any atom is -0.496 e. The van der Waals surface area contributed by atoms with Gasteiger partial charge in [0.05, 0.1) is 21.3 Å². The second-order valence-electron chi connectivity index (χ2n) is 5.11. The zero-order valence-electron chi connectivity index (χ0n) is 13.4. The van der Waals surface area contributed by atoms with Gasteiger partial charge < -0.3 is 19.9 Å². The lowest BCUT2D eigenvalue weighted by molar-refractivity contribution is 0.355. The van der Waals surface area contributed by atoms with Gasteiger partial charge in [0.2, 0.25) is 10.0 Å². The molecule has 0 radical (unpaired) electrons. The van der Waals surface area contributed by atoms with E-state index < -0.39 is 10.0 Å². The average Bonchev–Trinajstić information content (AvgIpc) is 3.03. The number of sulfonamides is 1. The van der Waals surface area contributed by atoms with Crippen molar-refractivity contribution in [2.75, 3.05) is 41.0 Å². The number of halogens is 1. The van der Waals surface area contributed by atoms with E-state index in [0.717, 1.165) is 6.42 Å². The molecule has 0 amide bonds. The Morgan fingerprint density at radius 2 is 1.74 bits per heavy atom. The lowest BCUT2D eigenvalue weighted by Crippen LogP contribution is -2.30. The van der Waals surface area contributed by atoms with E-state index in [1.165, 1.54) is 37.8 Å². The molecule has 1 aliphatic heterocycles. The lowest BCUT2D eigenvalue weighted by Gasteiger charge is -2.20. The molecule has 132 valence electrons. The molecular weight excluding hydrogens is 344 g/mol. The van der Waals surface area contributed by atoms with Crippen molar-refractivity contribution in [1.29, 1.82) is 0 Å². The normalized spacial score (nSPS) is 18.3. The molecule has 9 heteroatoms. The molecule has 1 saturated heterocycles. The molecule has 0 saturated carbocycles. The van der Waals surface area contributed by atoms with Crippen molar-refractivity contribution in [2.24, 2.45) is 11.7 Å². The third-order valence-corrected chi connectivity index (χ3v) is 5.78. The van der Waals surface area contributed by atoms with Crippen LogP contribution in [0.5, 0.6) is 17.2 Å². The number of rotatable bonds is 6. The fraction of sp³-hybridized carbons (Fsp3) is 0.571. The van der Waals surface area contributed by atoms with Gasteiger partial charge >= 0.3 is 0 Å². The van der Waals surface area contributed by atoms with Gasteiger partial charge in [-0.3, -0.25) is 0 Å². The van der Waals surface area contributed by atoms with E-state index in [1.54, 1.807) is 0 Å². The van der Waals surface area contributed by atoms with Gasteiger partial charge in [-0.2, -0.15) is 4.31 Å². The zero-order chi connectivity index (χ0) is 16.3. The third kappa shape index (κ3) is 3.82. The summed E-state index contributed by atoms with van der Waals surface area (Å²) in [6.07, 6.45) is 0.760. The number of hydrogen-bond donors (Lipinski definition) is 1. The highest BCUT2D eigenvalue weighted by molar-refractivity contribution is 7.89. The highest BCUT2D eigenvalue weighted by atomic mass is 35.5. The molecule has 1 aromatic rings. The Balaban J connectivity index is 0.00000264. The van der Waals surface area contributed by atoms with E-state index >= 15 is 0 Å². The van der Waals surface area contributed by atoms with Crippen LogP contribution in [0.25, 0.3) is 0 Å². The Kier molecular flexibility index (Phi) is 6.94. The van der Waals surface area contributed by atoms with E-state index in [9.17, 15) is 8.42 Å². The molecule has 0 aliphatic carbocycles.